The summed E-state index contributed by atoms with van der Waals surface area (Å²) in [5.74, 6) is 0. The minimum atomic E-state index is 0.683. The van der Waals surface area contributed by atoms with E-state index in [0.29, 0.717) is 10.0 Å². The maximum atomic E-state index is 6.18. The zero-order chi connectivity index (χ0) is 12.5. The first-order valence-electron chi connectivity index (χ1n) is 5.69. The third-order valence-corrected chi connectivity index (χ3v) is 4.29. The molecule has 92 valence electrons. The van der Waals surface area contributed by atoms with Gasteiger partial charge < -0.3 is 4.57 Å². The number of hydrogen-bond donors (Lipinski definition) is 0. The summed E-state index contributed by atoms with van der Waals surface area (Å²) in [5.41, 5.74) is 2.47. The van der Waals surface area contributed by atoms with Gasteiger partial charge in [-0.2, -0.15) is 11.3 Å². The molecule has 2 aromatic heterocycles. The molecule has 2 heterocycles. The number of aryl methyl sites for hydroxylation is 2. The lowest BCUT2D eigenvalue weighted by Gasteiger charge is -2.05. The molecule has 4 heteroatoms. The van der Waals surface area contributed by atoms with Crippen molar-refractivity contribution in [3.63, 3.8) is 0 Å². The molecular weight excluding hydrogens is 285 g/mol. The van der Waals surface area contributed by atoms with Crippen LogP contribution in [0.1, 0.15) is 5.56 Å². The SMILES string of the molecule is Clc1cc(Cl)c2ccn(CCc3ccsc3)c2c1. The lowest BCUT2D eigenvalue weighted by Crippen LogP contribution is -1.98. The van der Waals surface area contributed by atoms with Crippen molar-refractivity contribution in [3.05, 3.63) is 56.8 Å². The fourth-order valence-corrected chi connectivity index (χ4v) is 3.35. The fraction of sp³-hybridized carbons (Fsp3) is 0.143. The number of aromatic nitrogens is 1. The minimum absolute atomic E-state index is 0.683. The number of benzene rings is 1. The summed E-state index contributed by atoms with van der Waals surface area (Å²) in [7, 11) is 0. The predicted molar refractivity (Wildman–Crippen MR) is 80.0 cm³/mol. The van der Waals surface area contributed by atoms with E-state index in [1.807, 2.05) is 12.1 Å². The molecule has 0 aliphatic heterocycles. The Labute approximate surface area is 120 Å². The molecule has 0 atom stereocenters. The first-order valence-corrected chi connectivity index (χ1v) is 7.39. The van der Waals surface area contributed by atoms with Gasteiger partial charge in [0, 0.05) is 23.2 Å². The first-order chi connectivity index (χ1) is 8.74. The van der Waals surface area contributed by atoms with Gasteiger partial charge in [0.2, 0.25) is 0 Å². The predicted octanol–water partition coefficient (Wildman–Crippen LogP) is 5.25. The van der Waals surface area contributed by atoms with Crippen LogP contribution in [-0.2, 0) is 13.0 Å². The Hall–Kier alpha value is -0.960. The second kappa shape index (κ2) is 4.96. The van der Waals surface area contributed by atoms with Crippen LogP contribution in [0.2, 0.25) is 10.0 Å². The highest BCUT2D eigenvalue weighted by atomic mass is 35.5. The number of halogens is 2. The van der Waals surface area contributed by atoms with Gasteiger partial charge in [0.1, 0.15) is 0 Å². The average Bonchev–Trinajstić information content (AvgIpc) is 2.94. The topological polar surface area (TPSA) is 4.93 Å². The van der Waals surface area contributed by atoms with E-state index >= 15 is 0 Å². The molecule has 0 N–H and O–H groups in total. The van der Waals surface area contributed by atoms with E-state index in [1.54, 1.807) is 17.4 Å². The van der Waals surface area contributed by atoms with Crippen LogP contribution in [0.5, 0.6) is 0 Å². The maximum Gasteiger partial charge on any atom is 0.0514 e. The van der Waals surface area contributed by atoms with E-state index in [-0.39, 0.29) is 0 Å². The summed E-state index contributed by atoms with van der Waals surface area (Å²) in [6, 6.07) is 7.96. The smallest absolute Gasteiger partial charge is 0.0514 e. The van der Waals surface area contributed by atoms with Gasteiger partial charge in [-0.3, -0.25) is 0 Å². The van der Waals surface area contributed by atoms with Crippen LogP contribution < -0.4 is 0 Å². The van der Waals surface area contributed by atoms with E-state index in [4.69, 9.17) is 23.2 Å². The Morgan fingerprint density at radius 3 is 2.83 bits per heavy atom. The van der Waals surface area contributed by atoms with Gasteiger partial charge >= 0.3 is 0 Å². The van der Waals surface area contributed by atoms with E-state index < -0.39 is 0 Å². The summed E-state index contributed by atoms with van der Waals surface area (Å²) in [5, 5.41) is 6.75. The van der Waals surface area contributed by atoms with Crippen molar-refractivity contribution in [3.8, 4) is 0 Å². The summed E-state index contributed by atoms with van der Waals surface area (Å²) in [4.78, 5) is 0. The van der Waals surface area contributed by atoms with Crippen molar-refractivity contribution in [1.82, 2.24) is 4.57 Å². The zero-order valence-electron chi connectivity index (χ0n) is 9.57. The number of fused-ring (bicyclic) bond motifs is 1. The van der Waals surface area contributed by atoms with Crippen molar-refractivity contribution in [2.75, 3.05) is 0 Å². The van der Waals surface area contributed by atoms with Crippen LogP contribution in [0.3, 0.4) is 0 Å². The Kier molecular flexibility index (Phi) is 3.33. The second-order valence-corrected chi connectivity index (χ2v) is 5.83. The molecule has 0 aliphatic carbocycles. The normalized spacial score (nSPS) is 11.2. The van der Waals surface area contributed by atoms with Crippen molar-refractivity contribution < 1.29 is 0 Å². The van der Waals surface area contributed by atoms with Crippen molar-refractivity contribution >= 4 is 45.4 Å². The molecule has 3 rings (SSSR count). The van der Waals surface area contributed by atoms with E-state index in [1.165, 1.54) is 5.56 Å². The third kappa shape index (κ3) is 2.28. The maximum absolute atomic E-state index is 6.18. The summed E-state index contributed by atoms with van der Waals surface area (Å²) in [6.07, 6.45) is 3.09. The van der Waals surface area contributed by atoms with E-state index in [2.05, 4.69) is 27.6 Å². The van der Waals surface area contributed by atoms with Crippen LogP contribution in [-0.4, -0.2) is 4.57 Å². The van der Waals surface area contributed by atoms with Crippen LogP contribution in [0.15, 0.2) is 41.2 Å². The van der Waals surface area contributed by atoms with Gasteiger partial charge in [0.15, 0.2) is 0 Å². The summed E-state index contributed by atoms with van der Waals surface area (Å²) >= 11 is 14.0. The molecule has 0 saturated carbocycles. The van der Waals surface area contributed by atoms with Gasteiger partial charge in [-0.15, -0.1) is 0 Å². The number of nitrogens with zero attached hydrogens (tertiary/aromatic N) is 1. The highest BCUT2D eigenvalue weighted by Gasteiger charge is 2.06. The molecule has 0 fully saturated rings. The molecule has 1 aromatic carbocycles. The number of rotatable bonds is 3. The molecule has 1 nitrogen and oxygen atoms in total. The second-order valence-electron chi connectivity index (χ2n) is 4.21. The fourth-order valence-electron chi connectivity index (χ4n) is 2.10. The Balaban J connectivity index is 1.92. The van der Waals surface area contributed by atoms with E-state index in [0.717, 1.165) is 23.9 Å². The van der Waals surface area contributed by atoms with Gasteiger partial charge in [-0.05, 0) is 47.0 Å². The van der Waals surface area contributed by atoms with Crippen molar-refractivity contribution in [1.29, 1.82) is 0 Å². The Bertz CT molecular complexity index is 670. The van der Waals surface area contributed by atoms with Crippen molar-refractivity contribution in [2.45, 2.75) is 13.0 Å². The largest absolute Gasteiger partial charge is 0.347 e. The Morgan fingerprint density at radius 2 is 2.06 bits per heavy atom. The van der Waals surface area contributed by atoms with Crippen LogP contribution in [0.4, 0.5) is 0 Å². The van der Waals surface area contributed by atoms with Crippen LogP contribution >= 0.6 is 34.5 Å². The molecule has 0 unspecified atom stereocenters. The van der Waals surface area contributed by atoms with Gasteiger partial charge in [0.05, 0.1) is 10.5 Å². The summed E-state index contributed by atoms with van der Waals surface area (Å²) < 4.78 is 2.20. The molecule has 18 heavy (non-hydrogen) atoms. The third-order valence-electron chi connectivity index (χ3n) is 3.02. The monoisotopic (exact) mass is 295 g/mol. The number of thiophene rings is 1. The zero-order valence-corrected chi connectivity index (χ0v) is 11.9. The minimum Gasteiger partial charge on any atom is -0.347 e. The average molecular weight is 296 g/mol. The van der Waals surface area contributed by atoms with Gasteiger partial charge in [0.25, 0.3) is 0 Å². The molecule has 0 radical (unpaired) electrons. The number of hydrogen-bond acceptors (Lipinski definition) is 1. The first kappa shape index (κ1) is 12.1. The van der Waals surface area contributed by atoms with E-state index in [9.17, 15) is 0 Å². The van der Waals surface area contributed by atoms with Gasteiger partial charge in [-0.25, -0.2) is 0 Å². The Morgan fingerprint density at radius 1 is 1.17 bits per heavy atom. The van der Waals surface area contributed by atoms with Gasteiger partial charge in [-0.1, -0.05) is 23.2 Å². The molecule has 0 saturated heterocycles. The highest BCUT2D eigenvalue weighted by molar-refractivity contribution is 7.07. The van der Waals surface area contributed by atoms with Crippen LogP contribution in [0.25, 0.3) is 10.9 Å². The highest BCUT2D eigenvalue weighted by Crippen LogP contribution is 2.28. The van der Waals surface area contributed by atoms with Crippen molar-refractivity contribution in [2.24, 2.45) is 0 Å². The molecule has 3 aromatic rings. The van der Waals surface area contributed by atoms with Crippen LogP contribution in [0, 0.1) is 0 Å². The summed E-state index contributed by atoms with van der Waals surface area (Å²) in [6.45, 7) is 0.941. The lowest BCUT2D eigenvalue weighted by molar-refractivity contribution is 0.724. The standard InChI is InChI=1S/C14H11Cl2NS/c15-11-7-13(16)12-2-5-17(14(12)8-11)4-1-10-3-6-18-9-10/h2-3,5-9H,1,4H2. The molecule has 0 bridgehead atoms. The molecule has 0 spiro atoms. The quantitative estimate of drug-likeness (QED) is 0.622. The molecular formula is C14H11Cl2NS. The molecule has 0 aliphatic rings. The lowest BCUT2D eigenvalue weighted by atomic mass is 10.2. The molecule has 0 amide bonds.